The smallest absolute Gasteiger partial charge is 0.0683 e. The van der Waals surface area contributed by atoms with Gasteiger partial charge in [-0.15, -0.1) is 11.8 Å². The molecule has 2 heteroatoms. The van der Waals surface area contributed by atoms with E-state index in [-0.39, 0.29) is 5.41 Å². The van der Waals surface area contributed by atoms with Crippen molar-refractivity contribution in [2.24, 2.45) is 5.41 Å². The zero-order valence-corrected chi connectivity index (χ0v) is 10.2. The summed E-state index contributed by atoms with van der Waals surface area (Å²) in [4.78, 5) is 0. The predicted octanol–water partition coefficient (Wildman–Crippen LogP) is 2.71. The van der Waals surface area contributed by atoms with E-state index in [0.29, 0.717) is 0 Å². The van der Waals surface area contributed by atoms with Crippen molar-refractivity contribution in [3.8, 4) is 17.9 Å². The van der Waals surface area contributed by atoms with Crippen LogP contribution >= 0.6 is 0 Å². The van der Waals surface area contributed by atoms with Crippen LogP contribution in [-0.2, 0) is 0 Å². The quantitative estimate of drug-likeness (QED) is 0.513. The molecule has 2 nitrogen and oxygen atoms in total. The molecule has 84 valence electrons. The Morgan fingerprint density at radius 3 is 2.53 bits per heavy atom. The zero-order valence-electron chi connectivity index (χ0n) is 10.2. The Bertz CT molecular complexity index is 250. The lowest BCUT2D eigenvalue weighted by atomic mass is 9.89. The first-order valence-electron chi connectivity index (χ1n) is 5.64. The molecule has 0 bridgehead atoms. The maximum Gasteiger partial charge on any atom is 0.0683 e. The van der Waals surface area contributed by atoms with Gasteiger partial charge in [-0.3, -0.25) is 0 Å². The lowest BCUT2D eigenvalue weighted by Crippen LogP contribution is -2.17. The van der Waals surface area contributed by atoms with Gasteiger partial charge in [0.05, 0.1) is 11.5 Å². The first-order chi connectivity index (χ1) is 7.12. The molecule has 0 aromatic rings. The van der Waals surface area contributed by atoms with Crippen molar-refractivity contribution in [3.63, 3.8) is 0 Å². The van der Waals surface area contributed by atoms with Gasteiger partial charge in [-0.1, -0.05) is 6.42 Å². The number of nitriles is 1. The molecule has 0 saturated carbocycles. The Kier molecular flexibility index (Phi) is 7.78. The summed E-state index contributed by atoms with van der Waals surface area (Å²) in [6.45, 7) is 7.87. The molecular formula is C13H22N2. The summed E-state index contributed by atoms with van der Waals surface area (Å²) in [5.41, 5.74) is -0.159. The minimum Gasteiger partial charge on any atom is -0.316 e. The molecule has 0 aliphatic rings. The van der Waals surface area contributed by atoms with E-state index < -0.39 is 0 Å². The van der Waals surface area contributed by atoms with Crippen LogP contribution in [0.4, 0.5) is 0 Å². The number of unbranched alkanes of at least 4 members (excludes halogenated alkanes) is 1. The first-order valence-corrected chi connectivity index (χ1v) is 5.64. The molecule has 0 aromatic heterocycles. The summed E-state index contributed by atoms with van der Waals surface area (Å²) in [7, 11) is 0. The Labute approximate surface area is 94.1 Å². The highest BCUT2D eigenvalue weighted by molar-refractivity contribution is 4.95. The maximum absolute atomic E-state index is 8.81. The molecule has 0 heterocycles. The molecule has 0 saturated heterocycles. The average Bonchev–Trinajstić information content (AvgIpc) is 2.22. The van der Waals surface area contributed by atoms with Gasteiger partial charge in [0.1, 0.15) is 0 Å². The predicted molar refractivity (Wildman–Crippen MR) is 64.2 cm³/mol. The third-order valence-corrected chi connectivity index (χ3v) is 2.31. The summed E-state index contributed by atoms with van der Waals surface area (Å²) in [6, 6.07) is 2.32. The molecule has 0 fully saturated rings. The van der Waals surface area contributed by atoms with Crippen LogP contribution in [0.2, 0.25) is 0 Å². The molecule has 0 aliphatic carbocycles. The van der Waals surface area contributed by atoms with Crippen molar-refractivity contribution in [3.05, 3.63) is 0 Å². The number of rotatable bonds is 7. The number of nitrogens with one attached hydrogen (secondary N) is 1. The Morgan fingerprint density at radius 2 is 1.93 bits per heavy atom. The van der Waals surface area contributed by atoms with Crippen LogP contribution in [0.25, 0.3) is 0 Å². The zero-order chi connectivity index (χ0) is 11.6. The number of nitrogens with zero attached hydrogens (tertiary/aromatic N) is 1. The van der Waals surface area contributed by atoms with Crippen molar-refractivity contribution in [1.82, 2.24) is 5.32 Å². The fourth-order valence-electron chi connectivity index (χ4n) is 1.27. The summed E-state index contributed by atoms with van der Waals surface area (Å²) in [5, 5.41) is 12.2. The van der Waals surface area contributed by atoms with E-state index in [4.69, 9.17) is 5.26 Å². The average molecular weight is 206 g/mol. The van der Waals surface area contributed by atoms with Crippen LogP contribution in [0.5, 0.6) is 0 Å². The minimum absolute atomic E-state index is 0.159. The summed E-state index contributed by atoms with van der Waals surface area (Å²) >= 11 is 0. The Balaban J connectivity index is 3.25. The molecule has 0 aromatic carbocycles. The summed E-state index contributed by atoms with van der Waals surface area (Å²) < 4.78 is 0. The van der Waals surface area contributed by atoms with E-state index in [1.807, 2.05) is 20.8 Å². The van der Waals surface area contributed by atoms with Gasteiger partial charge in [0, 0.05) is 13.0 Å². The van der Waals surface area contributed by atoms with Gasteiger partial charge in [0.2, 0.25) is 0 Å². The van der Waals surface area contributed by atoms with E-state index in [9.17, 15) is 0 Å². The fraction of sp³-hybridized carbons (Fsp3) is 0.769. The Morgan fingerprint density at radius 1 is 1.20 bits per heavy atom. The molecule has 0 radical (unpaired) electrons. The van der Waals surface area contributed by atoms with Crippen LogP contribution in [0.3, 0.4) is 0 Å². The standard InChI is InChI=1S/C13H22N2/c1-4-5-7-10-15-11-8-6-9-13(2,3)12-14/h15H,6-11H2,1-3H3. The largest absolute Gasteiger partial charge is 0.316 e. The van der Waals surface area contributed by atoms with Crippen LogP contribution < -0.4 is 5.32 Å². The molecule has 0 unspecified atom stereocenters. The second-order valence-electron chi connectivity index (χ2n) is 4.38. The number of hydrogen-bond donors (Lipinski definition) is 1. The van der Waals surface area contributed by atoms with Gasteiger partial charge in [-0.25, -0.2) is 0 Å². The highest BCUT2D eigenvalue weighted by atomic mass is 14.8. The van der Waals surface area contributed by atoms with Crippen molar-refractivity contribution in [2.45, 2.75) is 46.5 Å². The molecule has 1 N–H and O–H groups in total. The minimum atomic E-state index is -0.159. The second kappa shape index (κ2) is 8.33. The molecular weight excluding hydrogens is 184 g/mol. The normalized spacial score (nSPS) is 10.3. The monoisotopic (exact) mass is 206 g/mol. The summed E-state index contributed by atoms with van der Waals surface area (Å²) in [5.74, 6) is 5.89. The van der Waals surface area contributed by atoms with Crippen LogP contribution in [0.15, 0.2) is 0 Å². The fourth-order valence-corrected chi connectivity index (χ4v) is 1.27. The van der Waals surface area contributed by atoms with Gasteiger partial charge < -0.3 is 5.32 Å². The van der Waals surface area contributed by atoms with Crippen molar-refractivity contribution in [2.75, 3.05) is 13.1 Å². The van der Waals surface area contributed by atoms with E-state index in [1.54, 1.807) is 0 Å². The third-order valence-electron chi connectivity index (χ3n) is 2.31. The van der Waals surface area contributed by atoms with Crippen molar-refractivity contribution in [1.29, 1.82) is 5.26 Å². The van der Waals surface area contributed by atoms with Gasteiger partial charge >= 0.3 is 0 Å². The van der Waals surface area contributed by atoms with Gasteiger partial charge in [-0.2, -0.15) is 5.26 Å². The van der Waals surface area contributed by atoms with Crippen molar-refractivity contribution < 1.29 is 0 Å². The molecule has 0 rings (SSSR count). The highest BCUT2D eigenvalue weighted by Gasteiger charge is 2.14. The highest BCUT2D eigenvalue weighted by Crippen LogP contribution is 2.21. The lowest BCUT2D eigenvalue weighted by Gasteiger charge is -2.14. The maximum atomic E-state index is 8.81. The van der Waals surface area contributed by atoms with Crippen LogP contribution in [0, 0.1) is 28.6 Å². The summed E-state index contributed by atoms with van der Waals surface area (Å²) in [6.07, 6.45) is 4.18. The van der Waals surface area contributed by atoms with E-state index in [1.165, 1.54) is 0 Å². The van der Waals surface area contributed by atoms with Gasteiger partial charge in [0.25, 0.3) is 0 Å². The molecule has 0 spiro atoms. The first kappa shape index (κ1) is 14.0. The van der Waals surface area contributed by atoms with Gasteiger partial charge in [-0.05, 0) is 40.2 Å². The molecule has 0 amide bonds. The Hall–Kier alpha value is -0.990. The molecule has 15 heavy (non-hydrogen) atoms. The van der Waals surface area contributed by atoms with E-state index in [2.05, 4.69) is 23.2 Å². The van der Waals surface area contributed by atoms with E-state index in [0.717, 1.165) is 38.8 Å². The molecule has 0 atom stereocenters. The molecule has 0 aliphatic heterocycles. The lowest BCUT2D eigenvalue weighted by molar-refractivity contribution is 0.423. The topological polar surface area (TPSA) is 35.8 Å². The number of hydrogen-bond acceptors (Lipinski definition) is 2. The SMILES string of the molecule is CC#CCCNCCCCC(C)(C)C#N. The van der Waals surface area contributed by atoms with Crippen LogP contribution in [0.1, 0.15) is 46.5 Å². The second-order valence-corrected chi connectivity index (χ2v) is 4.38. The van der Waals surface area contributed by atoms with Crippen molar-refractivity contribution >= 4 is 0 Å². The van der Waals surface area contributed by atoms with E-state index >= 15 is 0 Å². The van der Waals surface area contributed by atoms with Gasteiger partial charge in [0.15, 0.2) is 0 Å². The van der Waals surface area contributed by atoms with Crippen LogP contribution in [-0.4, -0.2) is 13.1 Å². The third kappa shape index (κ3) is 9.32.